The molecule has 0 saturated heterocycles. The number of hydrogen-bond donors (Lipinski definition) is 1. The molecule has 1 amide bonds. The molecule has 2 heterocycles. The summed E-state index contributed by atoms with van der Waals surface area (Å²) in [4.78, 5) is 26.0. The molecule has 0 spiro atoms. The first kappa shape index (κ1) is 17.8. The maximum atomic E-state index is 12.3. The minimum atomic E-state index is -0.648. The Labute approximate surface area is 161 Å². The van der Waals surface area contributed by atoms with Crippen molar-refractivity contribution in [2.75, 3.05) is 26.8 Å². The molecule has 3 aromatic rings. The second kappa shape index (κ2) is 7.59. The SMILES string of the molecule is CN(C[C@@H]1COc2ccccc2O1)C(=O)COC(=O)c1n[nH]c2ccccc12. The van der Waals surface area contributed by atoms with E-state index in [0.717, 1.165) is 5.52 Å². The number of nitrogens with zero attached hydrogens (tertiary/aromatic N) is 2. The Kier molecular flexibility index (Phi) is 4.84. The number of amides is 1. The van der Waals surface area contributed by atoms with Gasteiger partial charge in [-0.15, -0.1) is 0 Å². The van der Waals surface area contributed by atoms with Crippen LogP contribution in [0.3, 0.4) is 0 Å². The van der Waals surface area contributed by atoms with Crippen molar-refractivity contribution in [2.24, 2.45) is 0 Å². The molecule has 1 aliphatic rings. The van der Waals surface area contributed by atoms with Crippen LogP contribution in [-0.2, 0) is 9.53 Å². The third-order valence-electron chi connectivity index (χ3n) is 4.46. The molecule has 8 heteroatoms. The van der Waals surface area contributed by atoms with Crippen LogP contribution in [0.2, 0.25) is 0 Å². The zero-order chi connectivity index (χ0) is 19.5. The monoisotopic (exact) mass is 381 g/mol. The Morgan fingerprint density at radius 1 is 1.18 bits per heavy atom. The molecule has 1 atom stereocenters. The van der Waals surface area contributed by atoms with E-state index in [1.807, 2.05) is 36.4 Å². The van der Waals surface area contributed by atoms with Gasteiger partial charge in [0.2, 0.25) is 0 Å². The molecule has 1 aliphatic heterocycles. The van der Waals surface area contributed by atoms with Crippen LogP contribution in [0.15, 0.2) is 48.5 Å². The summed E-state index contributed by atoms with van der Waals surface area (Å²) in [6.45, 7) is 0.282. The minimum Gasteiger partial charge on any atom is -0.486 e. The number of carbonyl (C=O) groups excluding carboxylic acids is 2. The number of rotatable bonds is 5. The molecule has 0 bridgehead atoms. The van der Waals surface area contributed by atoms with E-state index in [1.165, 1.54) is 4.90 Å². The fourth-order valence-electron chi connectivity index (χ4n) is 2.99. The van der Waals surface area contributed by atoms with Gasteiger partial charge in [-0.3, -0.25) is 9.89 Å². The molecule has 144 valence electrons. The molecule has 2 aromatic carbocycles. The number of esters is 1. The number of nitrogens with one attached hydrogen (secondary N) is 1. The molecule has 1 aromatic heterocycles. The zero-order valence-corrected chi connectivity index (χ0v) is 15.3. The van der Waals surface area contributed by atoms with E-state index in [2.05, 4.69) is 10.2 Å². The summed E-state index contributed by atoms with van der Waals surface area (Å²) >= 11 is 0. The minimum absolute atomic E-state index is 0.159. The molecule has 0 fully saturated rings. The van der Waals surface area contributed by atoms with Gasteiger partial charge in [0.05, 0.1) is 12.1 Å². The number of aromatic amines is 1. The van der Waals surface area contributed by atoms with E-state index in [0.29, 0.717) is 30.0 Å². The molecule has 1 N–H and O–H groups in total. The number of H-pyrrole nitrogens is 1. The topological polar surface area (TPSA) is 93.8 Å². The molecule has 8 nitrogen and oxygen atoms in total. The van der Waals surface area contributed by atoms with Crippen molar-refractivity contribution < 1.29 is 23.8 Å². The molecule has 28 heavy (non-hydrogen) atoms. The van der Waals surface area contributed by atoms with Crippen molar-refractivity contribution in [1.29, 1.82) is 0 Å². The van der Waals surface area contributed by atoms with Crippen molar-refractivity contribution in [3.05, 3.63) is 54.2 Å². The van der Waals surface area contributed by atoms with Crippen molar-refractivity contribution >= 4 is 22.8 Å². The molecule has 0 saturated carbocycles. The van der Waals surface area contributed by atoms with Crippen LogP contribution in [0.4, 0.5) is 0 Å². The van der Waals surface area contributed by atoms with E-state index in [1.54, 1.807) is 19.2 Å². The van der Waals surface area contributed by atoms with Gasteiger partial charge in [0.1, 0.15) is 6.61 Å². The maximum absolute atomic E-state index is 12.3. The average molecular weight is 381 g/mol. The van der Waals surface area contributed by atoms with Crippen molar-refractivity contribution in [3.8, 4) is 11.5 Å². The lowest BCUT2D eigenvalue weighted by molar-refractivity contribution is -0.134. The molecule has 4 rings (SSSR count). The molecule has 0 unspecified atom stereocenters. The first-order valence-electron chi connectivity index (χ1n) is 8.84. The Hall–Kier alpha value is -3.55. The van der Waals surface area contributed by atoms with E-state index in [9.17, 15) is 9.59 Å². The van der Waals surface area contributed by atoms with Crippen LogP contribution in [0, 0.1) is 0 Å². The number of likely N-dealkylation sites (N-methyl/N-ethyl adjacent to an activating group) is 1. The summed E-state index contributed by atoms with van der Waals surface area (Å²) in [5.74, 6) is 0.352. The lowest BCUT2D eigenvalue weighted by atomic mass is 10.2. The average Bonchev–Trinajstić information content (AvgIpc) is 3.16. The van der Waals surface area contributed by atoms with Crippen molar-refractivity contribution in [2.45, 2.75) is 6.10 Å². The number of para-hydroxylation sites is 3. The number of carbonyl (C=O) groups is 2. The second-order valence-electron chi connectivity index (χ2n) is 6.47. The van der Waals surface area contributed by atoms with Crippen LogP contribution < -0.4 is 9.47 Å². The number of ether oxygens (including phenoxy) is 3. The first-order valence-corrected chi connectivity index (χ1v) is 8.84. The highest BCUT2D eigenvalue weighted by molar-refractivity contribution is 6.02. The molecule has 0 aliphatic carbocycles. The maximum Gasteiger partial charge on any atom is 0.359 e. The lowest BCUT2D eigenvalue weighted by Gasteiger charge is -2.29. The smallest absolute Gasteiger partial charge is 0.359 e. The number of aromatic nitrogens is 2. The highest BCUT2D eigenvalue weighted by Crippen LogP contribution is 2.30. The summed E-state index contributed by atoms with van der Waals surface area (Å²) in [6.07, 6.45) is -0.296. The van der Waals surface area contributed by atoms with Crippen molar-refractivity contribution in [1.82, 2.24) is 15.1 Å². The lowest BCUT2D eigenvalue weighted by Crippen LogP contribution is -2.43. The van der Waals surface area contributed by atoms with E-state index >= 15 is 0 Å². The van der Waals surface area contributed by atoms with Gasteiger partial charge in [-0.2, -0.15) is 5.10 Å². The normalized spacial score (nSPS) is 15.2. The van der Waals surface area contributed by atoms with Crippen LogP contribution >= 0.6 is 0 Å². The van der Waals surface area contributed by atoms with Crippen molar-refractivity contribution in [3.63, 3.8) is 0 Å². The van der Waals surface area contributed by atoms with Gasteiger partial charge in [0, 0.05) is 12.4 Å². The van der Waals surface area contributed by atoms with Gasteiger partial charge in [0.25, 0.3) is 5.91 Å². The number of hydrogen-bond acceptors (Lipinski definition) is 6. The Morgan fingerprint density at radius 3 is 2.79 bits per heavy atom. The number of fused-ring (bicyclic) bond motifs is 2. The molecular formula is C20H19N3O5. The second-order valence-corrected chi connectivity index (χ2v) is 6.47. The molecular weight excluding hydrogens is 362 g/mol. The predicted molar refractivity (Wildman–Crippen MR) is 100 cm³/mol. The highest BCUT2D eigenvalue weighted by atomic mass is 16.6. The summed E-state index contributed by atoms with van der Waals surface area (Å²) < 4.78 is 16.6. The first-order chi connectivity index (χ1) is 13.6. The summed E-state index contributed by atoms with van der Waals surface area (Å²) in [5, 5.41) is 7.39. The Bertz CT molecular complexity index is 1020. The Morgan fingerprint density at radius 2 is 1.93 bits per heavy atom. The summed E-state index contributed by atoms with van der Waals surface area (Å²) in [5.41, 5.74) is 0.888. The largest absolute Gasteiger partial charge is 0.486 e. The fourth-order valence-corrected chi connectivity index (χ4v) is 2.99. The van der Waals surface area contributed by atoms with Gasteiger partial charge in [0.15, 0.2) is 29.9 Å². The van der Waals surface area contributed by atoms with Crippen LogP contribution in [0.25, 0.3) is 10.9 Å². The van der Waals surface area contributed by atoms with Gasteiger partial charge in [-0.25, -0.2) is 4.79 Å². The predicted octanol–water partition coefficient (Wildman–Crippen LogP) is 2.02. The van der Waals surface area contributed by atoms with E-state index in [4.69, 9.17) is 14.2 Å². The molecule has 0 radical (unpaired) electrons. The van der Waals surface area contributed by atoms with Crippen LogP contribution in [0.5, 0.6) is 11.5 Å². The highest BCUT2D eigenvalue weighted by Gasteiger charge is 2.24. The van der Waals surface area contributed by atoms with Crippen LogP contribution in [-0.4, -0.2) is 59.9 Å². The van der Waals surface area contributed by atoms with Gasteiger partial charge < -0.3 is 19.1 Å². The number of benzene rings is 2. The van der Waals surface area contributed by atoms with E-state index < -0.39 is 5.97 Å². The quantitative estimate of drug-likeness (QED) is 0.680. The van der Waals surface area contributed by atoms with Gasteiger partial charge >= 0.3 is 5.97 Å². The van der Waals surface area contributed by atoms with E-state index in [-0.39, 0.29) is 24.3 Å². The summed E-state index contributed by atoms with van der Waals surface area (Å²) in [7, 11) is 1.63. The van der Waals surface area contributed by atoms with Gasteiger partial charge in [-0.1, -0.05) is 30.3 Å². The third-order valence-corrected chi connectivity index (χ3v) is 4.46. The Balaban J connectivity index is 1.31. The summed E-state index contributed by atoms with van der Waals surface area (Å²) in [6, 6.07) is 14.6. The third kappa shape index (κ3) is 3.62. The fraction of sp³-hybridized carbons (Fsp3) is 0.250. The zero-order valence-electron chi connectivity index (χ0n) is 15.3. The standard InChI is InChI=1S/C20H19N3O5/c1-23(10-13-11-26-16-8-4-5-9-17(16)28-13)18(24)12-27-20(25)19-14-6-2-3-7-15(14)21-22-19/h2-9,13H,10-12H2,1H3,(H,21,22)/t13-/m1/s1. The van der Waals surface area contributed by atoms with Gasteiger partial charge in [-0.05, 0) is 18.2 Å². The van der Waals surface area contributed by atoms with Crippen LogP contribution in [0.1, 0.15) is 10.5 Å².